The van der Waals surface area contributed by atoms with Gasteiger partial charge in [-0.05, 0) is 29.6 Å². The molecule has 0 bridgehead atoms. The number of thiol groups is 3. The highest BCUT2D eigenvalue weighted by atomic mass is 32.2. The van der Waals surface area contributed by atoms with Crippen molar-refractivity contribution in [2.24, 2.45) is 5.92 Å². The van der Waals surface area contributed by atoms with Crippen LogP contribution in [0.4, 0.5) is 0 Å². The third-order valence-electron chi connectivity index (χ3n) is 1.97. The second-order valence-corrected chi connectivity index (χ2v) is 5.65. The van der Waals surface area contributed by atoms with Gasteiger partial charge in [-0.3, -0.25) is 0 Å². The van der Waals surface area contributed by atoms with Crippen molar-refractivity contribution in [3.63, 3.8) is 0 Å². The largest absolute Gasteiger partial charge is 0.179 e. The molecular weight excluding hydrogens is 212 g/mol. The second-order valence-electron chi connectivity index (χ2n) is 2.87. The molecule has 0 radical (unpaired) electrons. The van der Waals surface area contributed by atoms with E-state index >= 15 is 0 Å². The molecule has 0 aromatic rings. The van der Waals surface area contributed by atoms with Crippen molar-refractivity contribution in [3.05, 3.63) is 0 Å². The van der Waals surface area contributed by atoms with Gasteiger partial charge in [0.05, 0.1) is 0 Å². The van der Waals surface area contributed by atoms with Crippen LogP contribution in [0.15, 0.2) is 0 Å². The summed E-state index contributed by atoms with van der Waals surface area (Å²) in [5.74, 6) is 4.27. The maximum Gasteiger partial charge on any atom is 0.0178 e. The van der Waals surface area contributed by atoms with Crippen molar-refractivity contribution in [3.8, 4) is 0 Å². The zero-order valence-corrected chi connectivity index (χ0v) is 9.81. The monoisotopic (exact) mass is 226 g/mol. The zero-order valence-electron chi connectivity index (χ0n) is 6.31. The Morgan fingerprint density at radius 3 is 2.36 bits per heavy atom. The lowest BCUT2D eigenvalue weighted by molar-refractivity contribution is 0.578. The molecule has 1 fully saturated rings. The first kappa shape index (κ1) is 10.5. The number of hydrogen-bond donors (Lipinski definition) is 3. The van der Waals surface area contributed by atoms with Crippen molar-refractivity contribution < 1.29 is 0 Å². The summed E-state index contributed by atoms with van der Waals surface area (Å²) in [7, 11) is 0. The van der Waals surface area contributed by atoms with Gasteiger partial charge >= 0.3 is 0 Å². The Morgan fingerprint density at radius 2 is 2.00 bits per heavy atom. The molecule has 1 aliphatic heterocycles. The van der Waals surface area contributed by atoms with Crippen LogP contribution in [0.25, 0.3) is 0 Å². The van der Waals surface area contributed by atoms with Crippen LogP contribution in [0.3, 0.4) is 0 Å². The zero-order chi connectivity index (χ0) is 8.27. The van der Waals surface area contributed by atoms with E-state index in [0.29, 0.717) is 10.5 Å². The first-order chi connectivity index (χ1) is 5.25. The average Bonchev–Trinajstić information content (AvgIpc) is 1.84. The van der Waals surface area contributed by atoms with Gasteiger partial charge in [-0.25, -0.2) is 0 Å². The summed E-state index contributed by atoms with van der Waals surface area (Å²) in [6.07, 6.45) is 1.07. The lowest BCUT2D eigenvalue weighted by Crippen LogP contribution is -2.34. The predicted octanol–water partition coefficient (Wildman–Crippen LogP) is 2.27. The van der Waals surface area contributed by atoms with Crippen molar-refractivity contribution in [1.29, 1.82) is 0 Å². The van der Waals surface area contributed by atoms with E-state index in [4.69, 9.17) is 0 Å². The average molecular weight is 226 g/mol. The van der Waals surface area contributed by atoms with E-state index in [-0.39, 0.29) is 0 Å². The Hall–Kier alpha value is 1.40. The smallest absolute Gasteiger partial charge is 0.0178 e. The van der Waals surface area contributed by atoms with Gasteiger partial charge in [0, 0.05) is 10.5 Å². The van der Waals surface area contributed by atoms with E-state index in [9.17, 15) is 0 Å². The van der Waals surface area contributed by atoms with Crippen LogP contribution in [0.2, 0.25) is 0 Å². The molecular formula is C7H14S4. The third kappa shape index (κ3) is 2.98. The summed E-state index contributed by atoms with van der Waals surface area (Å²) < 4.78 is 0. The van der Waals surface area contributed by atoms with Crippen LogP contribution < -0.4 is 0 Å². The van der Waals surface area contributed by atoms with Crippen molar-refractivity contribution in [2.45, 2.75) is 16.9 Å². The van der Waals surface area contributed by atoms with E-state index in [0.717, 1.165) is 18.1 Å². The van der Waals surface area contributed by atoms with E-state index in [1.807, 2.05) is 11.8 Å². The van der Waals surface area contributed by atoms with Crippen LogP contribution in [-0.4, -0.2) is 27.8 Å². The maximum atomic E-state index is 4.56. The highest BCUT2D eigenvalue weighted by molar-refractivity contribution is 8.00. The van der Waals surface area contributed by atoms with Gasteiger partial charge in [0.2, 0.25) is 0 Å². The Balaban J connectivity index is 2.21. The number of thioether (sulfide) groups is 1. The lowest BCUT2D eigenvalue weighted by Gasteiger charge is -2.33. The van der Waals surface area contributed by atoms with Crippen LogP contribution in [0, 0.1) is 5.92 Å². The number of rotatable bonds is 4. The fourth-order valence-electron chi connectivity index (χ4n) is 1.07. The van der Waals surface area contributed by atoms with Crippen molar-refractivity contribution in [2.75, 3.05) is 17.3 Å². The first-order valence-corrected chi connectivity index (χ1v) is 6.62. The summed E-state index contributed by atoms with van der Waals surface area (Å²) in [6.45, 7) is 0. The third-order valence-corrected chi connectivity index (χ3v) is 5.15. The molecule has 0 aromatic carbocycles. The van der Waals surface area contributed by atoms with Crippen LogP contribution >= 0.6 is 49.6 Å². The molecule has 2 atom stereocenters. The topological polar surface area (TPSA) is 0 Å². The van der Waals surface area contributed by atoms with E-state index in [1.54, 1.807) is 0 Å². The fraction of sp³-hybridized carbons (Fsp3) is 1.00. The van der Waals surface area contributed by atoms with E-state index < -0.39 is 0 Å². The van der Waals surface area contributed by atoms with Crippen molar-refractivity contribution in [1.82, 2.24) is 0 Å². The minimum absolute atomic E-state index is 0.432. The molecule has 66 valence electrons. The summed E-state index contributed by atoms with van der Waals surface area (Å²) in [5.41, 5.74) is 0. The normalized spacial score (nSPS) is 24.3. The van der Waals surface area contributed by atoms with Gasteiger partial charge in [-0.1, -0.05) is 0 Å². The Bertz CT molecular complexity index is 113. The SMILES string of the molecule is SCCC(S)C(S)C1CSC1. The molecule has 1 saturated heterocycles. The van der Waals surface area contributed by atoms with Crippen LogP contribution in [0.1, 0.15) is 6.42 Å². The van der Waals surface area contributed by atoms with Gasteiger partial charge in [-0.2, -0.15) is 49.6 Å². The molecule has 11 heavy (non-hydrogen) atoms. The van der Waals surface area contributed by atoms with Gasteiger partial charge in [-0.15, -0.1) is 0 Å². The molecule has 0 N–H and O–H groups in total. The molecule has 1 rings (SSSR count). The summed E-state index contributed by atoms with van der Waals surface area (Å²) in [6, 6.07) is 0. The minimum atomic E-state index is 0.432. The Morgan fingerprint density at radius 1 is 1.36 bits per heavy atom. The standard InChI is InChI=1S/C7H14S4/c8-2-1-6(9)7(10)5-3-11-4-5/h5-10H,1-4H2. The second kappa shape index (κ2) is 5.20. The molecule has 0 spiro atoms. The quantitative estimate of drug-likeness (QED) is 0.618. The van der Waals surface area contributed by atoms with Gasteiger partial charge in [0.25, 0.3) is 0 Å². The molecule has 4 heteroatoms. The maximum absolute atomic E-state index is 4.56. The van der Waals surface area contributed by atoms with Crippen molar-refractivity contribution >= 4 is 49.6 Å². The van der Waals surface area contributed by atoms with E-state index in [2.05, 4.69) is 37.9 Å². The van der Waals surface area contributed by atoms with Crippen LogP contribution in [-0.2, 0) is 0 Å². The summed E-state index contributed by atoms with van der Waals surface area (Å²) in [4.78, 5) is 0. The molecule has 0 aliphatic carbocycles. The predicted molar refractivity (Wildman–Crippen MR) is 64.8 cm³/mol. The Labute approximate surface area is 89.5 Å². The highest BCUT2D eigenvalue weighted by Gasteiger charge is 2.29. The molecule has 0 amide bonds. The van der Waals surface area contributed by atoms with Gasteiger partial charge < -0.3 is 0 Å². The minimum Gasteiger partial charge on any atom is -0.179 e. The van der Waals surface area contributed by atoms with Gasteiger partial charge in [0.15, 0.2) is 0 Å². The molecule has 0 saturated carbocycles. The van der Waals surface area contributed by atoms with Gasteiger partial charge in [0.1, 0.15) is 0 Å². The lowest BCUT2D eigenvalue weighted by atomic mass is 10.0. The molecule has 0 aromatic heterocycles. The molecule has 0 nitrogen and oxygen atoms in total. The fourth-order valence-corrected chi connectivity index (χ4v) is 3.49. The van der Waals surface area contributed by atoms with E-state index in [1.165, 1.54) is 11.5 Å². The first-order valence-electron chi connectivity index (χ1n) is 3.80. The summed E-state index contributed by atoms with van der Waals surface area (Å²) in [5, 5.41) is 0.911. The Kier molecular flexibility index (Phi) is 4.95. The molecule has 2 unspecified atom stereocenters. The number of hydrogen-bond acceptors (Lipinski definition) is 4. The molecule has 1 aliphatic rings. The highest BCUT2D eigenvalue weighted by Crippen LogP contribution is 2.33. The molecule has 1 heterocycles. The summed E-state index contributed by atoms with van der Waals surface area (Å²) >= 11 is 15.2. The van der Waals surface area contributed by atoms with Crippen LogP contribution in [0.5, 0.6) is 0 Å².